The summed E-state index contributed by atoms with van der Waals surface area (Å²) in [5.74, 6) is -0.396. The smallest absolute Gasteiger partial charge is 0.267 e. The maximum absolute atomic E-state index is 12.8. The van der Waals surface area contributed by atoms with Gasteiger partial charge in [-0.25, -0.2) is 8.42 Å². The topological polar surface area (TPSA) is 110 Å². The number of carbonyl (C=O) groups is 1. The average molecular weight is 439 g/mol. The van der Waals surface area contributed by atoms with E-state index in [-0.39, 0.29) is 9.92 Å². The van der Waals surface area contributed by atoms with Crippen LogP contribution in [0.3, 0.4) is 0 Å². The average Bonchev–Trinajstić information content (AvgIpc) is 3.42. The Labute approximate surface area is 170 Å². The number of halogens is 1. The fourth-order valence-corrected chi connectivity index (χ4v) is 5.75. The second kappa shape index (κ2) is 7.59. The Bertz CT molecular complexity index is 1110. The van der Waals surface area contributed by atoms with Crippen molar-refractivity contribution in [3.8, 4) is 5.69 Å². The summed E-state index contributed by atoms with van der Waals surface area (Å²) >= 11 is 7.37. The lowest BCUT2D eigenvalue weighted by molar-refractivity contribution is 0.103. The molecule has 1 fully saturated rings. The summed E-state index contributed by atoms with van der Waals surface area (Å²) in [5, 5.41) is 15.5. The van der Waals surface area contributed by atoms with Crippen molar-refractivity contribution < 1.29 is 13.2 Å². The second-order valence-corrected chi connectivity index (χ2v) is 9.33. The number of benzene rings is 1. The predicted molar refractivity (Wildman–Crippen MR) is 104 cm³/mol. The minimum Gasteiger partial charge on any atom is -0.321 e. The van der Waals surface area contributed by atoms with E-state index in [0.29, 0.717) is 29.3 Å². The maximum atomic E-state index is 12.8. The van der Waals surface area contributed by atoms with Crippen LogP contribution < -0.4 is 5.32 Å². The lowest BCUT2D eigenvalue weighted by atomic mass is 10.3. The monoisotopic (exact) mass is 438 g/mol. The Balaban J connectivity index is 1.61. The van der Waals surface area contributed by atoms with Gasteiger partial charge in [-0.1, -0.05) is 11.6 Å². The number of tetrazole rings is 1. The van der Waals surface area contributed by atoms with E-state index < -0.39 is 15.9 Å². The number of hydrogen-bond donors (Lipinski definition) is 1. The molecule has 28 heavy (non-hydrogen) atoms. The highest BCUT2D eigenvalue weighted by Crippen LogP contribution is 2.30. The molecule has 9 nitrogen and oxygen atoms in total. The summed E-state index contributed by atoms with van der Waals surface area (Å²) in [6.45, 7) is 0.944. The molecule has 2 aromatic heterocycles. The van der Waals surface area contributed by atoms with Gasteiger partial charge in [-0.2, -0.15) is 8.99 Å². The zero-order valence-electron chi connectivity index (χ0n) is 14.4. The van der Waals surface area contributed by atoms with Gasteiger partial charge in [-0.15, -0.1) is 16.4 Å². The number of carbonyl (C=O) groups excluding carboxylic acids is 1. The number of hydrogen-bond acceptors (Lipinski definition) is 7. The van der Waals surface area contributed by atoms with Crippen molar-refractivity contribution in [2.75, 3.05) is 18.4 Å². The van der Waals surface area contributed by atoms with Crippen LogP contribution in [0.5, 0.6) is 0 Å². The summed E-state index contributed by atoms with van der Waals surface area (Å²) in [6, 6.07) is 6.14. The van der Waals surface area contributed by atoms with Gasteiger partial charge in [0.05, 0.1) is 10.7 Å². The van der Waals surface area contributed by atoms with Gasteiger partial charge in [0.1, 0.15) is 16.1 Å². The van der Waals surface area contributed by atoms with Gasteiger partial charge < -0.3 is 5.32 Å². The number of amides is 1. The van der Waals surface area contributed by atoms with Crippen LogP contribution in [0.4, 0.5) is 5.69 Å². The van der Waals surface area contributed by atoms with Crippen LogP contribution in [0, 0.1) is 0 Å². The van der Waals surface area contributed by atoms with Crippen molar-refractivity contribution in [2.24, 2.45) is 0 Å². The van der Waals surface area contributed by atoms with Crippen molar-refractivity contribution in [3.63, 3.8) is 0 Å². The van der Waals surface area contributed by atoms with E-state index in [0.717, 1.165) is 12.8 Å². The third-order valence-corrected chi connectivity index (χ3v) is 7.60. The van der Waals surface area contributed by atoms with Gasteiger partial charge in [0, 0.05) is 18.8 Å². The van der Waals surface area contributed by atoms with Crippen molar-refractivity contribution >= 4 is 44.6 Å². The number of sulfonamides is 1. The highest BCUT2D eigenvalue weighted by atomic mass is 35.5. The van der Waals surface area contributed by atoms with E-state index in [1.165, 1.54) is 38.8 Å². The van der Waals surface area contributed by atoms with E-state index in [9.17, 15) is 13.2 Å². The normalized spacial score (nSPS) is 15.0. The molecule has 0 bridgehead atoms. The zero-order valence-corrected chi connectivity index (χ0v) is 16.8. The van der Waals surface area contributed by atoms with Crippen LogP contribution >= 0.6 is 22.9 Å². The SMILES string of the molecule is O=C(Nc1ccc(Cl)c(S(=O)(=O)N2CCCC2)c1)c1sccc1-n1cnnn1. The highest BCUT2D eigenvalue weighted by Gasteiger charge is 2.29. The summed E-state index contributed by atoms with van der Waals surface area (Å²) < 4.78 is 28.5. The zero-order chi connectivity index (χ0) is 19.7. The molecule has 1 amide bonds. The quantitative estimate of drug-likeness (QED) is 0.655. The highest BCUT2D eigenvalue weighted by molar-refractivity contribution is 7.89. The van der Waals surface area contributed by atoms with Crippen LogP contribution in [-0.4, -0.2) is 51.9 Å². The third kappa shape index (κ3) is 3.53. The lowest BCUT2D eigenvalue weighted by Crippen LogP contribution is -2.28. The summed E-state index contributed by atoms with van der Waals surface area (Å²) in [7, 11) is -3.70. The van der Waals surface area contributed by atoms with E-state index in [1.54, 1.807) is 17.5 Å². The fraction of sp³-hybridized carbons (Fsp3) is 0.250. The van der Waals surface area contributed by atoms with Gasteiger partial charge in [-0.05, 0) is 52.9 Å². The Morgan fingerprint density at radius 2 is 2.00 bits per heavy atom. The Morgan fingerprint density at radius 3 is 2.71 bits per heavy atom. The molecule has 0 radical (unpaired) electrons. The molecule has 1 aliphatic rings. The molecule has 0 aliphatic carbocycles. The largest absolute Gasteiger partial charge is 0.321 e. The van der Waals surface area contributed by atoms with Crippen molar-refractivity contribution in [3.05, 3.63) is 45.9 Å². The van der Waals surface area contributed by atoms with Crippen molar-refractivity contribution in [1.82, 2.24) is 24.5 Å². The molecule has 3 heterocycles. The van der Waals surface area contributed by atoms with Crippen LogP contribution in [0.2, 0.25) is 5.02 Å². The molecule has 0 unspecified atom stereocenters. The van der Waals surface area contributed by atoms with E-state index >= 15 is 0 Å². The Hall–Kier alpha value is -2.34. The molecule has 0 atom stereocenters. The number of anilines is 1. The van der Waals surface area contributed by atoms with Gasteiger partial charge in [0.2, 0.25) is 10.0 Å². The van der Waals surface area contributed by atoms with Crippen molar-refractivity contribution in [1.29, 1.82) is 0 Å². The number of thiophene rings is 1. The number of nitrogens with zero attached hydrogens (tertiary/aromatic N) is 5. The Kier molecular flexibility index (Phi) is 5.15. The molecule has 1 aromatic carbocycles. The molecule has 1 saturated heterocycles. The van der Waals surface area contributed by atoms with Crippen LogP contribution in [-0.2, 0) is 10.0 Å². The molecule has 0 saturated carbocycles. The summed E-state index contributed by atoms with van der Waals surface area (Å²) in [6.07, 6.45) is 3.04. The third-order valence-electron chi connectivity index (χ3n) is 4.32. The van der Waals surface area contributed by atoms with Gasteiger partial charge in [0.25, 0.3) is 5.91 Å². The maximum Gasteiger partial charge on any atom is 0.267 e. The first kappa shape index (κ1) is 19.0. The molecule has 4 rings (SSSR count). The molecule has 3 aromatic rings. The van der Waals surface area contributed by atoms with E-state index in [1.807, 2.05) is 0 Å². The molecule has 146 valence electrons. The first-order chi connectivity index (χ1) is 13.5. The first-order valence-electron chi connectivity index (χ1n) is 8.39. The van der Waals surface area contributed by atoms with Crippen LogP contribution in [0.15, 0.2) is 40.9 Å². The predicted octanol–water partition coefficient (Wildman–Crippen LogP) is 2.41. The Morgan fingerprint density at radius 1 is 1.21 bits per heavy atom. The number of nitrogens with one attached hydrogen (secondary N) is 1. The second-order valence-electron chi connectivity index (χ2n) is 6.10. The molecule has 0 spiro atoms. The fourth-order valence-electron chi connectivity index (χ4n) is 2.96. The minimum atomic E-state index is -3.70. The van der Waals surface area contributed by atoms with Crippen LogP contribution in [0.1, 0.15) is 22.5 Å². The molecule has 12 heteroatoms. The van der Waals surface area contributed by atoms with Gasteiger partial charge in [-0.3, -0.25) is 4.79 Å². The summed E-state index contributed by atoms with van der Waals surface area (Å²) in [4.78, 5) is 13.1. The lowest BCUT2D eigenvalue weighted by Gasteiger charge is -2.17. The standard InChI is InChI=1S/C16H15ClN6O3S2/c17-12-4-3-11(9-14(12)28(25,26)22-6-1-2-7-22)19-16(24)15-13(5-8-27-15)23-10-18-20-21-23/h3-5,8-10H,1-2,6-7H2,(H,19,24). The van der Waals surface area contributed by atoms with E-state index in [2.05, 4.69) is 20.8 Å². The first-order valence-corrected chi connectivity index (χ1v) is 11.1. The van der Waals surface area contributed by atoms with E-state index in [4.69, 9.17) is 11.6 Å². The van der Waals surface area contributed by atoms with Crippen molar-refractivity contribution in [2.45, 2.75) is 17.7 Å². The molecular formula is C16H15ClN6O3S2. The summed E-state index contributed by atoms with van der Waals surface area (Å²) in [5.41, 5.74) is 0.870. The van der Waals surface area contributed by atoms with Gasteiger partial charge in [0.15, 0.2) is 0 Å². The molecular weight excluding hydrogens is 424 g/mol. The number of aromatic nitrogens is 4. The van der Waals surface area contributed by atoms with Crippen LogP contribution in [0.25, 0.3) is 5.69 Å². The van der Waals surface area contributed by atoms with Gasteiger partial charge >= 0.3 is 0 Å². The molecule has 1 N–H and O–H groups in total. The molecule has 1 aliphatic heterocycles. The number of rotatable bonds is 5. The minimum absolute atomic E-state index is 0.0132.